The Labute approximate surface area is 332 Å². The van der Waals surface area contributed by atoms with E-state index in [0.717, 1.165) is 82.2 Å². The predicted molar refractivity (Wildman–Crippen MR) is 213 cm³/mol. The van der Waals surface area contributed by atoms with Crippen molar-refractivity contribution in [3.63, 3.8) is 0 Å². The van der Waals surface area contributed by atoms with E-state index < -0.39 is 24.2 Å². The Morgan fingerprint density at radius 1 is 0.965 bits per heavy atom. The zero-order chi connectivity index (χ0) is 38.9. The Balaban J connectivity index is 0.999. The number of nitrogens with zero attached hydrogens (tertiary/aromatic N) is 5. The standard InChI is InChI=1S/C42H44FN9O4S/c1-21(2)36(50-42(54)55-3)40(53)51-13-5-7-31(51)38-46-19-29(49-38)24-15-26(43)35-32-16-25-14-23(28-18-45-37(48-28)27-6-4-12-44-27)10-11-30(25)52(32)41(56-33(35)17-24)34-20-47-39(57-34)22-8-9-22/h10-11,14-22,27,31,36,41,44H,4-9,12-13H2,1-3H3,(H,45,48)(H,46,49)(H,50,54). The minimum atomic E-state index is -0.745. The van der Waals surface area contributed by atoms with Crippen LogP contribution in [-0.2, 0) is 9.53 Å². The maximum Gasteiger partial charge on any atom is 0.407 e. The van der Waals surface area contributed by atoms with Gasteiger partial charge in [-0.05, 0) is 81.3 Å². The molecule has 4 N–H and O–H groups in total. The molecule has 1 saturated carbocycles. The number of likely N-dealkylation sites (tertiary alicyclic amines) is 1. The average molecular weight is 790 g/mol. The maximum absolute atomic E-state index is 16.7. The van der Waals surface area contributed by atoms with E-state index in [9.17, 15) is 9.59 Å². The van der Waals surface area contributed by atoms with Crippen molar-refractivity contribution < 1.29 is 23.5 Å². The lowest BCUT2D eigenvalue weighted by atomic mass is 10.0. The minimum Gasteiger partial charge on any atom is -0.464 e. The highest BCUT2D eigenvalue weighted by Gasteiger charge is 2.38. The third-order valence-electron chi connectivity index (χ3n) is 11.8. The fourth-order valence-electron chi connectivity index (χ4n) is 8.64. The molecule has 2 saturated heterocycles. The van der Waals surface area contributed by atoms with Gasteiger partial charge in [0.05, 0.1) is 69.6 Å². The molecular formula is C42H44FN9O4S. The molecule has 4 aliphatic rings. The second-order valence-corrected chi connectivity index (χ2v) is 17.0. The first-order valence-electron chi connectivity index (χ1n) is 19.8. The molecule has 1 aliphatic carbocycles. The van der Waals surface area contributed by atoms with Crippen LogP contribution in [0.2, 0.25) is 0 Å². The number of hydrogen-bond acceptors (Lipinski definition) is 9. The molecule has 3 fully saturated rings. The second kappa shape index (κ2) is 14.1. The molecule has 4 aromatic heterocycles. The number of rotatable bonds is 9. The number of hydrogen-bond donors (Lipinski definition) is 4. The van der Waals surface area contributed by atoms with Gasteiger partial charge in [0.15, 0.2) is 0 Å². The Morgan fingerprint density at radius 3 is 2.54 bits per heavy atom. The lowest BCUT2D eigenvalue weighted by Crippen LogP contribution is -2.51. The number of aromatic nitrogens is 6. The number of methoxy groups -OCH3 is 1. The first kappa shape index (κ1) is 35.8. The fourth-order valence-corrected chi connectivity index (χ4v) is 9.75. The van der Waals surface area contributed by atoms with Crippen LogP contribution >= 0.6 is 11.3 Å². The smallest absolute Gasteiger partial charge is 0.407 e. The van der Waals surface area contributed by atoms with Gasteiger partial charge in [-0.2, -0.15) is 0 Å². The molecule has 0 radical (unpaired) electrons. The number of amides is 2. The van der Waals surface area contributed by atoms with Gasteiger partial charge in [-0.15, -0.1) is 11.3 Å². The van der Waals surface area contributed by atoms with Crippen LogP contribution in [0.1, 0.15) is 98.1 Å². The Bertz CT molecular complexity index is 2510. The van der Waals surface area contributed by atoms with Crippen molar-refractivity contribution in [1.29, 1.82) is 0 Å². The molecule has 0 bridgehead atoms. The first-order chi connectivity index (χ1) is 27.7. The molecule has 7 heterocycles. The van der Waals surface area contributed by atoms with Gasteiger partial charge in [0.1, 0.15) is 29.3 Å². The topological polar surface area (TPSA) is 155 Å². The van der Waals surface area contributed by atoms with E-state index >= 15 is 4.39 Å². The van der Waals surface area contributed by atoms with Crippen LogP contribution in [0, 0.1) is 11.7 Å². The van der Waals surface area contributed by atoms with Crippen molar-refractivity contribution >= 4 is 34.2 Å². The normalized spacial score (nSPS) is 20.8. The third-order valence-corrected chi connectivity index (χ3v) is 13.0. The molecule has 13 nitrogen and oxygen atoms in total. The van der Waals surface area contributed by atoms with Crippen LogP contribution in [0.25, 0.3) is 44.7 Å². The average Bonchev–Trinajstić information content (AvgIpc) is 3.94. The molecule has 15 heteroatoms. The highest BCUT2D eigenvalue weighted by molar-refractivity contribution is 7.11. The van der Waals surface area contributed by atoms with Gasteiger partial charge in [0.2, 0.25) is 12.1 Å². The van der Waals surface area contributed by atoms with E-state index in [1.807, 2.05) is 38.4 Å². The summed E-state index contributed by atoms with van der Waals surface area (Å²) in [6.07, 6.45) is 10.2. The second-order valence-electron chi connectivity index (χ2n) is 15.9. The van der Waals surface area contributed by atoms with Crippen LogP contribution in [0.3, 0.4) is 0 Å². The lowest BCUT2D eigenvalue weighted by molar-refractivity contribution is -0.135. The summed E-state index contributed by atoms with van der Waals surface area (Å²) in [6, 6.07) is 10.9. The summed E-state index contributed by atoms with van der Waals surface area (Å²) in [4.78, 5) is 49.6. The number of fused-ring (bicyclic) bond motifs is 5. The van der Waals surface area contributed by atoms with Gasteiger partial charge in [0, 0.05) is 35.2 Å². The molecule has 294 valence electrons. The largest absolute Gasteiger partial charge is 0.464 e. The minimum absolute atomic E-state index is 0.151. The monoisotopic (exact) mass is 789 g/mol. The fraction of sp³-hybridized carbons (Fsp3) is 0.405. The van der Waals surface area contributed by atoms with E-state index in [4.69, 9.17) is 19.4 Å². The third kappa shape index (κ3) is 6.36. The highest BCUT2D eigenvalue weighted by Crippen LogP contribution is 2.49. The molecule has 4 unspecified atom stereocenters. The number of H-pyrrole nitrogens is 2. The van der Waals surface area contributed by atoms with Gasteiger partial charge in [-0.3, -0.25) is 9.36 Å². The lowest BCUT2D eigenvalue weighted by Gasteiger charge is -2.30. The zero-order valence-electron chi connectivity index (χ0n) is 32.0. The Morgan fingerprint density at radius 2 is 1.77 bits per heavy atom. The summed E-state index contributed by atoms with van der Waals surface area (Å²) in [6.45, 7) is 5.30. The molecule has 10 rings (SSSR count). The van der Waals surface area contributed by atoms with Gasteiger partial charge in [-0.1, -0.05) is 19.9 Å². The van der Waals surface area contributed by atoms with Crippen LogP contribution in [0.5, 0.6) is 5.75 Å². The predicted octanol–water partition coefficient (Wildman–Crippen LogP) is 7.97. The molecule has 2 aromatic carbocycles. The number of carbonyl (C=O) groups is 2. The molecule has 6 aromatic rings. The van der Waals surface area contributed by atoms with E-state index in [-0.39, 0.29) is 23.9 Å². The molecule has 4 atom stereocenters. The van der Waals surface area contributed by atoms with Crippen molar-refractivity contribution in [1.82, 2.24) is 45.0 Å². The summed E-state index contributed by atoms with van der Waals surface area (Å²) >= 11 is 1.66. The van der Waals surface area contributed by atoms with Crippen molar-refractivity contribution in [2.75, 3.05) is 20.2 Å². The van der Waals surface area contributed by atoms with E-state index in [0.29, 0.717) is 47.3 Å². The summed E-state index contributed by atoms with van der Waals surface area (Å²) in [5, 5.41) is 8.27. The number of alkyl carbamates (subject to hydrolysis) is 1. The Hall–Kier alpha value is -5.54. The van der Waals surface area contributed by atoms with Gasteiger partial charge < -0.3 is 35.0 Å². The number of aromatic amines is 2. The molecule has 3 aliphatic heterocycles. The summed E-state index contributed by atoms with van der Waals surface area (Å²) in [5.74, 6) is 1.71. The van der Waals surface area contributed by atoms with E-state index in [2.05, 4.69) is 48.4 Å². The number of thiazole rings is 1. The van der Waals surface area contributed by atoms with E-state index in [1.54, 1.807) is 22.4 Å². The SMILES string of the molecule is COC(=O)NC(C(=O)N1CCCC1c1ncc(-c2cc(F)c3c(c2)OC(c2cnc(C4CC4)s2)n2c-3cc3cc(-c4cnc(C5CCCN5)[nH]4)ccc32)[nH]1)C(C)C. The van der Waals surface area contributed by atoms with Crippen molar-refractivity contribution in [2.24, 2.45) is 5.92 Å². The number of ether oxygens (including phenoxy) is 2. The quantitative estimate of drug-likeness (QED) is 0.115. The molecular weight excluding hydrogens is 746 g/mol. The summed E-state index contributed by atoms with van der Waals surface area (Å²) < 4.78 is 30.4. The van der Waals surface area contributed by atoms with Gasteiger partial charge in [0.25, 0.3) is 0 Å². The summed E-state index contributed by atoms with van der Waals surface area (Å²) in [5.41, 5.74) is 5.17. The first-order valence-corrected chi connectivity index (χ1v) is 20.7. The number of imidazole rings is 2. The maximum atomic E-state index is 16.7. The van der Waals surface area contributed by atoms with Crippen LogP contribution in [0.15, 0.2) is 55.0 Å². The van der Waals surface area contributed by atoms with Crippen LogP contribution in [-0.4, -0.2) is 72.6 Å². The van der Waals surface area contributed by atoms with Crippen molar-refractivity contribution in [3.8, 4) is 39.5 Å². The number of nitrogens with one attached hydrogen (secondary N) is 4. The van der Waals surface area contributed by atoms with Gasteiger partial charge >= 0.3 is 6.09 Å². The van der Waals surface area contributed by atoms with Crippen LogP contribution < -0.4 is 15.4 Å². The van der Waals surface area contributed by atoms with Crippen molar-refractivity contribution in [2.45, 2.75) is 82.6 Å². The highest BCUT2D eigenvalue weighted by atomic mass is 32.1. The summed E-state index contributed by atoms with van der Waals surface area (Å²) in [7, 11) is 1.28. The molecule has 0 spiro atoms. The number of carbonyl (C=O) groups excluding carboxylic acids is 2. The van der Waals surface area contributed by atoms with E-state index in [1.165, 1.54) is 13.2 Å². The van der Waals surface area contributed by atoms with Gasteiger partial charge in [-0.25, -0.2) is 24.1 Å². The molecule has 2 amide bonds. The number of halogens is 1. The van der Waals surface area contributed by atoms with Crippen LogP contribution in [0.4, 0.5) is 9.18 Å². The number of benzene rings is 2. The van der Waals surface area contributed by atoms with Crippen molar-refractivity contribution in [3.05, 3.63) is 82.3 Å². The molecule has 57 heavy (non-hydrogen) atoms. The zero-order valence-corrected chi connectivity index (χ0v) is 32.8. The Kier molecular flexibility index (Phi) is 8.89.